The van der Waals surface area contributed by atoms with E-state index in [2.05, 4.69) is 24.4 Å². The Morgan fingerprint density at radius 1 is 1.00 bits per heavy atom. The second kappa shape index (κ2) is 8.94. The Labute approximate surface area is 203 Å². The van der Waals surface area contributed by atoms with Crippen molar-refractivity contribution < 1.29 is 13.2 Å². The van der Waals surface area contributed by atoms with E-state index in [-0.39, 0.29) is 10.8 Å². The van der Waals surface area contributed by atoms with Crippen molar-refractivity contribution in [3.63, 3.8) is 0 Å². The summed E-state index contributed by atoms with van der Waals surface area (Å²) < 4.78 is 28.8. The van der Waals surface area contributed by atoms with Crippen LogP contribution in [0.2, 0.25) is 0 Å². The van der Waals surface area contributed by atoms with Gasteiger partial charge in [0.2, 0.25) is 15.9 Å². The lowest BCUT2D eigenvalue weighted by Crippen LogP contribution is -2.43. The lowest BCUT2D eigenvalue weighted by Gasteiger charge is -2.23. The lowest BCUT2D eigenvalue weighted by molar-refractivity contribution is -0.119. The van der Waals surface area contributed by atoms with E-state index in [1.54, 1.807) is 35.6 Å². The number of aryl methyl sites for hydroxylation is 2. The molecule has 3 aromatic carbocycles. The Balaban J connectivity index is 1.32. The van der Waals surface area contributed by atoms with Crippen molar-refractivity contribution in [3.8, 4) is 10.6 Å². The lowest BCUT2D eigenvalue weighted by atomic mass is 10.2. The second-order valence-corrected chi connectivity index (χ2v) is 11.6. The first-order valence-corrected chi connectivity index (χ1v) is 13.4. The Morgan fingerprint density at radius 2 is 1.71 bits per heavy atom. The largest absolute Gasteiger partial charge is 0.325 e. The molecule has 6 nitrogen and oxygen atoms in total. The number of sulfonamides is 1. The molecule has 1 atom stereocenters. The molecule has 34 heavy (non-hydrogen) atoms. The number of fused-ring (bicyclic) bond motifs is 1. The molecule has 1 aliphatic rings. The van der Waals surface area contributed by atoms with E-state index in [0.29, 0.717) is 25.1 Å². The number of anilines is 1. The number of carbonyl (C=O) groups is 1. The summed E-state index contributed by atoms with van der Waals surface area (Å²) in [5, 5.41) is 3.82. The minimum Gasteiger partial charge on any atom is -0.325 e. The zero-order valence-electron chi connectivity index (χ0n) is 19.0. The van der Waals surface area contributed by atoms with Gasteiger partial charge in [-0.1, -0.05) is 23.8 Å². The summed E-state index contributed by atoms with van der Waals surface area (Å²) in [6, 6.07) is 19.7. The summed E-state index contributed by atoms with van der Waals surface area (Å²) in [5.74, 6) is -0.309. The molecule has 1 amide bonds. The third-order valence-electron chi connectivity index (χ3n) is 6.08. The van der Waals surface area contributed by atoms with Crippen LogP contribution in [0.25, 0.3) is 20.8 Å². The number of amides is 1. The zero-order valence-corrected chi connectivity index (χ0v) is 20.6. The van der Waals surface area contributed by atoms with Gasteiger partial charge in [-0.25, -0.2) is 13.4 Å². The highest BCUT2D eigenvalue weighted by Crippen LogP contribution is 2.32. The number of thiazole rings is 1. The first kappa shape index (κ1) is 22.7. The number of nitrogens with one attached hydrogen (secondary N) is 1. The molecule has 1 aromatic heterocycles. The molecule has 1 saturated heterocycles. The molecule has 1 N–H and O–H groups in total. The van der Waals surface area contributed by atoms with Gasteiger partial charge in [-0.05, 0) is 80.8 Å². The van der Waals surface area contributed by atoms with E-state index < -0.39 is 16.1 Å². The highest BCUT2D eigenvalue weighted by molar-refractivity contribution is 7.89. The molecule has 0 radical (unpaired) electrons. The third-order valence-corrected chi connectivity index (χ3v) is 9.07. The molecule has 1 aliphatic heterocycles. The molecular formula is C26H25N3O3S2. The average molecular weight is 492 g/mol. The zero-order chi connectivity index (χ0) is 23.9. The third kappa shape index (κ3) is 4.36. The van der Waals surface area contributed by atoms with Crippen molar-refractivity contribution in [1.29, 1.82) is 0 Å². The molecular weight excluding hydrogens is 466 g/mol. The van der Waals surface area contributed by atoms with Crippen molar-refractivity contribution in [2.45, 2.75) is 37.6 Å². The molecule has 2 heterocycles. The monoisotopic (exact) mass is 491 g/mol. The predicted molar refractivity (Wildman–Crippen MR) is 137 cm³/mol. The number of hydrogen-bond donors (Lipinski definition) is 1. The first-order valence-electron chi connectivity index (χ1n) is 11.2. The van der Waals surface area contributed by atoms with Gasteiger partial charge in [0.1, 0.15) is 11.0 Å². The predicted octanol–water partition coefficient (Wildman–Crippen LogP) is 5.37. The van der Waals surface area contributed by atoms with Gasteiger partial charge in [0.05, 0.1) is 15.1 Å². The van der Waals surface area contributed by atoms with Crippen molar-refractivity contribution in [2.75, 3.05) is 11.9 Å². The van der Waals surface area contributed by atoms with E-state index in [1.807, 2.05) is 37.3 Å². The second-order valence-electron chi connectivity index (χ2n) is 8.64. The van der Waals surface area contributed by atoms with E-state index in [9.17, 15) is 13.2 Å². The molecule has 0 aliphatic carbocycles. The molecule has 1 unspecified atom stereocenters. The van der Waals surface area contributed by atoms with Crippen LogP contribution in [0.4, 0.5) is 5.69 Å². The summed E-state index contributed by atoms with van der Waals surface area (Å²) in [7, 11) is -3.74. The smallest absolute Gasteiger partial charge is 0.243 e. The van der Waals surface area contributed by atoms with E-state index >= 15 is 0 Å². The SMILES string of the molecule is Cc1ccc(S(=O)(=O)N2CCCC2C(=O)Nc2ccc(-c3nc4ccc(C)cc4s3)cc2)cc1. The van der Waals surface area contributed by atoms with Gasteiger partial charge in [-0.2, -0.15) is 4.31 Å². The van der Waals surface area contributed by atoms with Gasteiger partial charge >= 0.3 is 0 Å². The van der Waals surface area contributed by atoms with Gasteiger partial charge < -0.3 is 5.32 Å². The molecule has 1 fully saturated rings. The van der Waals surface area contributed by atoms with Crippen LogP contribution in [0.5, 0.6) is 0 Å². The summed E-state index contributed by atoms with van der Waals surface area (Å²) in [6.45, 7) is 4.31. The highest BCUT2D eigenvalue weighted by atomic mass is 32.2. The van der Waals surface area contributed by atoms with Gasteiger partial charge in [0.25, 0.3) is 0 Å². The van der Waals surface area contributed by atoms with Crippen molar-refractivity contribution in [3.05, 3.63) is 77.9 Å². The number of nitrogens with zero attached hydrogens (tertiary/aromatic N) is 2. The van der Waals surface area contributed by atoms with Crippen molar-refractivity contribution >= 4 is 43.2 Å². The summed E-state index contributed by atoms with van der Waals surface area (Å²) >= 11 is 1.63. The number of aromatic nitrogens is 1. The maximum atomic E-state index is 13.1. The van der Waals surface area contributed by atoms with Crippen molar-refractivity contribution in [2.24, 2.45) is 0 Å². The minimum atomic E-state index is -3.74. The number of hydrogen-bond acceptors (Lipinski definition) is 5. The van der Waals surface area contributed by atoms with Crippen LogP contribution < -0.4 is 5.32 Å². The average Bonchev–Trinajstić information content (AvgIpc) is 3.47. The van der Waals surface area contributed by atoms with Crippen molar-refractivity contribution in [1.82, 2.24) is 9.29 Å². The molecule has 174 valence electrons. The Kier molecular flexibility index (Phi) is 5.97. The van der Waals surface area contributed by atoms with Crippen LogP contribution in [0, 0.1) is 13.8 Å². The Hall–Kier alpha value is -3.07. The maximum absolute atomic E-state index is 13.1. The summed E-state index contributed by atoms with van der Waals surface area (Å²) in [5.41, 5.74) is 4.76. The topological polar surface area (TPSA) is 79.4 Å². The molecule has 4 aromatic rings. The maximum Gasteiger partial charge on any atom is 0.243 e. The van der Waals surface area contributed by atoms with Gasteiger partial charge in [0.15, 0.2) is 0 Å². The molecule has 5 rings (SSSR count). The minimum absolute atomic E-state index is 0.216. The number of carbonyl (C=O) groups excluding carboxylic acids is 1. The molecule has 0 saturated carbocycles. The Morgan fingerprint density at radius 3 is 2.44 bits per heavy atom. The standard InChI is InChI=1S/C26H25N3O3S2/c1-17-5-12-21(13-6-17)34(31,32)29-15-3-4-23(29)25(30)27-20-10-8-19(9-11-20)26-28-22-14-7-18(2)16-24(22)33-26/h5-14,16,23H,3-4,15H2,1-2H3,(H,27,30). The quantitative estimate of drug-likeness (QED) is 0.407. The highest BCUT2D eigenvalue weighted by Gasteiger charge is 2.39. The van der Waals surface area contributed by atoms with Gasteiger partial charge in [0, 0.05) is 17.8 Å². The van der Waals surface area contributed by atoms with Crippen LogP contribution in [-0.4, -0.2) is 36.2 Å². The van der Waals surface area contributed by atoms with E-state index in [4.69, 9.17) is 4.98 Å². The van der Waals surface area contributed by atoms with Gasteiger partial charge in [-0.15, -0.1) is 11.3 Å². The fraction of sp³-hybridized carbons (Fsp3) is 0.231. The summed E-state index contributed by atoms with van der Waals surface area (Å²) in [4.78, 5) is 18.0. The normalized spacial score (nSPS) is 16.7. The van der Waals surface area contributed by atoms with E-state index in [0.717, 1.165) is 26.4 Å². The molecule has 0 spiro atoms. The fourth-order valence-electron chi connectivity index (χ4n) is 4.21. The first-order chi connectivity index (χ1) is 16.3. The molecule has 8 heteroatoms. The number of benzene rings is 3. The van der Waals surface area contributed by atoms with E-state index in [1.165, 1.54) is 9.87 Å². The van der Waals surface area contributed by atoms with Crippen LogP contribution in [0.15, 0.2) is 71.6 Å². The van der Waals surface area contributed by atoms with Crippen LogP contribution in [0.3, 0.4) is 0 Å². The van der Waals surface area contributed by atoms with Gasteiger partial charge in [-0.3, -0.25) is 4.79 Å². The Bertz CT molecular complexity index is 1460. The van der Waals surface area contributed by atoms with Crippen LogP contribution in [-0.2, 0) is 14.8 Å². The fourth-order valence-corrected chi connectivity index (χ4v) is 6.94. The van der Waals surface area contributed by atoms with Crippen LogP contribution in [0.1, 0.15) is 24.0 Å². The summed E-state index contributed by atoms with van der Waals surface area (Å²) in [6.07, 6.45) is 1.15. The number of rotatable bonds is 5. The van der Waals surface area contributed by atoms with Crippen LogP contribution >= 0.6 is 11.3 Å². The molecule has 0 bridgehead atoms.